The van der Waals surface area contributed by atoms with Gasteiger partial charge in [-0.05, 0) is 81.0 Å². The number of nitrogens with zero attached hydrogens (tertiary/aromatic N) is 1. The average Bonchev–Trinajstić information content (AvgIpc) is 3.45. The largest absolute Gasteiger partial charge is 0.351 e. The molecule has 3 heteroatoms. The Morgan fingerprint density at radius 1 is 0.871 bits per heavy atom. The van der Waals surface area contributed by atoms with Gasteiger partial charge in [0.1, 0.15) is 0 Å². The second-order valence-electron chi connectivity index (χ2n) is 10.6. The number of fused-ring (bicyclic) bond motifs is 5. The molecule has 3 heterocycles. The van der Waals surface area contributed by atoms with Crippen LogP contribution >= 0.6 is 0 Å². The monoisotopic (exact) mass is 414 g/mol. The Bertz CT molecular complexity index is 871. The third-order valence-electron chi connectivity index (χ3n) is 9.05. The van der Waals surface area contributed by atoms with Crippen molar-refractivity contribution >= 4 is 5.91 Å². The molecular weight excluding hydrogens is 380 g/mol. The number of carbonyl (C=O) groups is 1. The zero-order valence-electron chi connectivity index (χ0n) is 18.4. The number of benzene rings is 2. The second kappa shape index (κ2) is 7.78. The highest BCUT2D eigenvalue weighted by Crippen LogP contribution is 2.54. The van der Waals surface area contributed by atoms with Crippen LogP contribution in [0, 0.1) is 17.3 Å². The molecular formula is C28H34N2O. The third-order valence-corrected chi connectivity index (χ3v) is 9.05. The summed E-state index contributed by atoms with van der Waals surface area (Å²) in [4.78, 5) is 16.4. The molecule has 3 nitrogen and oxygen atoms in total. The molecule has 2 aliphatic carbocycles. The first-order valence-electron chi connectivity index (χ1n) is 12.4. The lowest BCUT2D eigenvalue weighted by Gasteiger charge is -2.54. The van der Waals surface area contributed by atoms with Crippen LogP contribution in [0.1, 0.15) is 62.0 Å². The van der Waals surface area contributed by atoms with Crippen molar-refractivity contribution in [1.29, 1.82) is 0 Å². The third kappa shape index (κ3) is 3.33. The van der Waals surface area contributed by atoms with Gasteiger partial charge >= 0.3 is 0 Å². The molecule has 0 spiro atoms. The van der Waals surface area contributed by atoms with Crippen LogP contribution in [-0.4, -0.2) is 36.0 Å². The van der Waals surface area contributed by atoms with Gasteiger partial charge in [-0.3, -0.25) is 9.69 Å². The molecule has 0 radical (unpaired) electrons. The number of amides is 1. The van der Waals surface area contributed by atoms with Gasteiger partial charge in [0.15, 0.2) is 0 Å². The van der Waals surface area contributed by atoms with E-state index in [0.717, 1.165) is 38.3 Å². The van der Waals surface area contributed by atoms with Gasteiger partial charge in [-0.2, -0.15) is 0 Å². The lowest BCUT2D eigenvalue weighted by molar-refractivity contribution is -0.134. The molecule has 5 fully saturated rings. The van der Waals surface area contributed by atoms with E-state index >= 15 is 0 Å². The fourth-order valence-electron chi connectivity index (χ4n) is 7.43. The molecule has 7 rings (SSSR count). The van der Waals surface area contributed by atoms with Crippen LogP contribution < -0.4 is 5.32 Å². The molecule has 5 aliphatic rings. The van der Waals surface area contributed by atoms with E-state index in [-0.39, 0.29) is 17.4 Å². The standard InChI is InChI=1S/C28H34N2O/c31-27(28-15-11-20(19-28)12-16-28)29-25-23-13-17-30(18-14-23)26(25)24(21-7-3-1-4-8-21)22-9-5-2-6-10-22/h1-10,20,23-26H,11-19H2,(H,29,31)/t20-,25?,26?,28-. The molecule has 2 aromatic rings. The molecule has 2 saturated carbocycles. The molecule has 2 aromatic carbocycles. The first-order chi connectivity index (χ1) is 15.2. The molecule has 162 valence electrons. The van der Waals surface area contributed by atoms with Gasteiger partial charge in [0.2, 0.25) is 5.91 Å². The van der Waals surface area contributed by atoms with E-state index in [1.165, 1.54) is 36.8 Å². The summed E-state index contributed by atoms with van der Waals surface area (Å²) in [6.07, 6.45) is 8.29. The molecule has 1 N–H and O–H groups in total. The smallest absolute Gasteiger partial charge is 0.226 e. The Kier molecular flexibility index (Phi) is 4.90. The van der Waals surface area contributed by atoms with Crippen molar-refractivity contribution in [3.63, 3.8) is 0 Å². The van der Waals surface area contributed by atoms with Crippen LogP contribution in [0.2, 0.25) is 0 Å². The first-order valence-corrected chi connectivity index (χ1v) is 12.4. The van der Waals surface area contributed by atoms with E-state index < -0.39 is 0 Å². The predicted molar refractivity (Wildman–Crippen MR) is 124 cm³/mol. The Morgan fingerprint density at radius 2 is 1.45 bits per heavy atom. The number of hydrogen-bond acceptors (Lipinski definition) is 2. The zero-order chi connectivity index (χ0) is 20.8. The highest BCUT2D eigenvalue weighted by molar-refractivity contribution is 5.84. The number of rotatable bonds is 5. The second-order valence-corrected chi connectivity index (χ2v) is 10.6. The summed E-state index contributed by atoms with van der Waals surface area (Å²) in [7, 11) is 0. The predicted octanol–water partition coefficient (Wildman–Crippen LogP) is 4.98. The SMILES string of the molecule is O=C(NC1C2CCN(CC2)C1C(c1ccccc1)c1ccccc1)[C@]12CC[C@H](CC1)C2. The van der Waals surface area contributed by atoms with E-state index in [9.17, 15) is 4.79 Å². The highest BCUT2D eigenvalue weighted by Gasteiger charge is 2.53. The van der Waals surface area contributed by atoms with Gasteiger partial charge in [0.05, 0.1) is 0 Å². The minimum atomic E-state index is -0.0593. The summed E-state index contributed by atoms with van der Waals surface area (Å²) in [5.74, 6) is 2.06. The van der Waals surface area contributed by atoms with E-state index in [0.29, 0.717) is 17.9 Å². The van der Waals surface area contributed by atoms with Crippen molar-refractivity contribution in [3.8, 4) is 0 Å². The van der Waals surface area contributed by atoms with E-state index in [2.05, 4.69) is 70.9 Å². The van der Waals surface area contributed by atoms with Crippen LogP contribution in [0.5, 0.6) is 0 Å². The molecule has 1 amide bonds. The molecule has 4 bridgehead atoms. The fraction of sp³-hybridized carbons (Fsp3) is 0.536. The van der Waals surface area contributed by atoms with E-state index in [1.54, 1.807) is 0 Å². The van der Waals surface area contributed by atoms with Crippen molar-refractivity contribution in [2.75, 3.05) is 13.1 Å². The Labute approximate surface area is 186 Å². The maximum absolute atomic E-state index is 13.7. The molecule has 3 aliphatic heterocycles. The molecule has 0 aromatic heterocycles. The Hall–Kier alpha value is -2.13. The van der Waals surface area contributed by atoms with Crippen molar-refractivity contribution in [2.24, 2.45) is 17.3 Å². The summed E-state index contributed by atoms with van der Waals surface area (Å²) in [5, 5.41) is 3.70. The number of hydrogen-bond donors (Lipinski definition) is 1. The van der Waals surface area contributed by atoms with E-state index in [1.807, 2.05) is 0 Å². The topological polar surface area (TPSA) is 32.3 Å². The summed E-state index contributed by atoms with van der Waals surface area (Å²) in [5.41, 5.74) is 2.67. The average molecular weight is 415 g/mol. The van der Waals surface area contributed by atoms with Gasteiger partial charge < -0.3 is 5.32 Å². The summed E-state index contributed by atoms with van der Waals surface area (Å²) < 4.78 is 0. The van der Waals surface area contributed by atoms with Gasteiger partial charge in [0, 0.05) is 23.4 Å². The van der Waals surface area contributed by atoms with Crippen LogP contribution in [-0.2, 0) is 4.79 Å². The first kappa shape index (κ1) is 19.5. The fourth-order valence-corrected chi connectivity index (χ4v) is 7.43. The Morgan fingerprint density at radius 3 is 1.97 bits per heavy atom. The normalized spacial score (nSPS) is 36.1. The minimum Gasteiger partial charge on any atom is -0.351 e. The van der Waals surface area contributed by atoms with E-state index in [4.69, 9.17) is 0 Å². The van der Waals surface area contributed by atoms with Crippen LogP contribution in [0.4, 0.5) is 0 Å². The highest BCUT2D eigenvalue weighted by atomic mass is 16.2. The number of piperidine rings is 3. The maximum Gasteiger partial charge on any atom is 0.226 e. The Balaban J connectivity index is 1.36. The van der Waals surface area contributed by atoms with Gasteiger partial charge in [-0.15, -0.1) is 0 Å². The summed E-state index contributed by atoms with van der Waals surface area (Å²) in [6, 6.07) is 22.5. The quantitative estimate of drug-likeness (QED) is 0.749. The lowest BCUT2D eigenvalue weighted by atomic mass is 9.70. The number of nitrogens with one attached hydrogen (secondary N) is 1. The molecule has 3 saturated heterocycles. The van der Waals surface area contributed by atoms with Crippen LogP contribution in [0.15, 0.2) is 60.7 Å². The zero-order valence-corrected chi connectivity index (χ0v) is 18.4. The van der Waals surface area contributed by atoms with Crippen LogP contribution in [0.25, 0.3) is 0 Å². The molecule has 2 atom stereocenters. The van der Waals surface area contributed by atoms with Crippen molar-refractivity contribution < 1.29 is 4.79 Å². The molecule has 2 unspecified atom stereocenters. The van der Waals surface area contributed by atoms with Gasteiger partial charge in [0.25, 0.3) is 0 Å². The van der Waals surface area contributed by atoms with Gasteiger partial charge in [-0.1, -0.05) is 60.7 Å². The van der Waals surface area contributed by atoms with Crippen molar-refractivity contribution in [3.05, 3.63) is 71.8 Å². The van der Waals surface area contributed by atoms with Gasteiger partial charge in [-0.25, -0.2) is 0 Å². The summed E-state index contributed by atoms with van der Waals surface area (Å²) in [6.45, 7) is 2.32. The molecule has 31 heavy (non-hydrogen) atoms. The minimum absolute atomic E-state index is 0.0593. The van der Waals surface area contributed by atoms with Crippen molar-refractivity contribution in [2.45, 2.75) is 62.9 Å². The lowest BCUT2D eigenvalue weighted by Crippen LogP contribution is -2.66. The summed E-state index contributed by atoms with van der Waals surface area (Å²) >= 11 is 0. The van der Waals surface area contributed by atoms with Crippen molar-refractivity contribution in [1.82, 2.24) is 10.2 Å². The number of carbonyl (C=O) groups excluding carboxylic acids is 1. The maximum atomic E-state index is 13.7. The van der Waals surface area contributed by atoms with Crippen LogP contribution in [0.3, 0.4) is 0 Å².